The van der Waals surface area contributed by atoms with Crippen LogP contribution in [0.3, 0.4) is 0 Å². The lowest BCUT2D eigenvalue weighted by atomic mass is 9.47. The molecule has 0 aromatic heterocycles. The number of hydrogen-bond donors (Lipinski definition) is 0. The van der Waals surface area contributed by atoms with Crippen LogP contribution in [0, 0.1) is 28.6 Å². The van der Waals surface area contributed by atoms with Gasteiger partial charge in [-0.3, -0.25) is 9.59 Å². The zero-order chi connectivity index (χ0) is 18.7. The molecule has 0 aromatic carbocycles. The van der Waals surface area contributed by atoms with E-state index in [1.807, 2.05) is 6.92 Å². The molecule has 3 nitrogen and oxygen atoms in total. The van der Waals surface area contributed by atoms with Crippen molar-refractivity contribution in [3.05, 3.63) is 11.6 Å². The summed E-state index contributed by atoms with van der Waals surface area (Å²) >= 11 is 0. The lowest BCUT2D eigenvalue weighted by Crippen LogP contribution is -2.52. The summed E-state index contributed by atoms with van der Waals surface area (Å²) in [6.07, 6.45) is 7.27. The average Bonchev–Trinajstić information content (AvgIpc) is 2.93. The molecular formula is C22H31FO3. The number of rotatable bonds is 2. The van der Waals surface area contributed by atoms with Crippen molar-refractivity contribution in [3.63, 3.8) is 0 Å². The number of ketones is 1. The second-order valence-electron chi connectivity index (χ2n) is 9.53. The first-order valence-corrected chi connectivity index (χ1v) is 10.4. The first kappa shape index (κ1) is 18.2. The third kappa shape index (κ3) is 2.51. The van der Waals surface area contributed by atoms with Crippen molar-refractivity contribution in [2.45, 2.75) is 84.4 Å². The standard InChI is InChI=1S/C22H31FO3/c1-4-20(25)26-19-8-7-15-14-6-5-13-11-18(24)17(23)12-22(13,3)16(14)9-10-21(15,19)2/h11,14-17,19H,4-10,12H2,1-3H3/t14-,15+,16-,17+,19+,21+,22-/m0/s1. The molecule has 0 spiro atoms. The van der Waals surface area contributed by atoms with E-state index in [2.05, 4.69) is 13.8 Å². The number of carbonyl (C=O) groups is 2. The molecule has 4 aliphatic rings. The van der Waals surface area contributed by atoms with E-state index in [0.717, 1.165) is 38.5 Å². The van der Waals surface area contributed by atoms with Crippen molar-refractivity contribution in [3.8, 4) is 0 Å². The number of carbonyl (C=O) groups excluding carboxylic acids is 2. The lowest BCUT2D eigenvalue weighted by molar-refractivity contribution is -0.159. The molecule has 7 atom stereocenters. The van der Waals surface area contributed by atoms with E-state index in [1.54, 1.807) is 6.08 Å². The molecule has 0 unspecified atom stereocenters. The van der Waals surface area contributed by atoms with Crippen LogP contribution in [0.2, 0.25) is 0 Å². The highest BCUT2D eigenvalue weighted by molar-refractivity contribution is 5.95. The van der Waals surface area contributed by atoms with Gasteiger partial charge in [0.2, 0.25) is 0 Å². The van der Waals surface area contributed by atoms with Crippen LogP contribution in [-0.2, 0) is 14.3 Å². The number of ether oxygens (including phenoxy) is 1. The van der Waals surface area contributed by atoms with Gasteiger partial charge in [0.25, 0.3) is 0 Å². The summed E-state index contributed by atoms with van der Waals surface area (Å²) in [6, 6.07) is 0. The normalized spacial score (nSPS) is 47.5. The molecule has 0 heterocycles. The Morgan fingerprint density at radius 1 is 1.23 bits per heavy atom. The largest absolute Gasteiger partial charge is 0.462 e. The minimum absolute atomic E-state index is 0.0347. The summed E-state index contributed by atoms with van der Waals surface area (Å²) in [5.74, 6) is 1.13. The van der Waals surface area contributed by atoms with Gasteiger partial charge in [0, 0.05) is 11.8 Å². The van der Waals surface area contributed by atoms with Gasteiger partial charge < -0.3 is 4.74 Å². The zero-order valence-electron chi connectivity index (χ0n) is 16.2. The molecule has 26 heavy (non-hydrogen) atoms. The smallest absolute Gasteiger partial charge is 0.305 e. The van der Waals surface area contributed by atoms with E-state index in [0.29, 0.717) is 30.6 Å². The van der Waals surface area contributed by atoms with Crippen molar-refractivity contribution < 1.29 is 18.7 Å². The second kappa shape index (κ2) is 6.17. The van der Waals surface area contributed by atoms with Crippen molar-refractivity contribution >= 4 is 11.8 Å². The zero-order valence-corrected chi connectivity index (χ0v) is 16.2. The van der Waals surface area contributed by atoms with Gasteiger partial charge in [-0.2, -0.15) is 0 Å². The Balaban J connectivity index is 1.60. The van der Waals surface area contributed by atoms with Crippen molar-refractivity contribution in [1.82, 2.24) is 0 Å². The summed E-state index contributed by atoms with van der Waals surface area (Å²) in [7, 11) is 0. The fourth-order valence-corrected chi connectivity index (χ4v) is 6.97. The molecule has 144 valence electrons. The van der Waals surface area contributed by atoms with Crippen molar-refractivity contribution in [2.75, 3.05) is 0 Å². The van der Waals surface area contributed by atoms with Gasteiger partial charge in [0.1, 0.15) is 6.10 Å². The van der Waals surface area contributed by atoms with Gasteiger partial charge in [-0.05, 0) is 74.2 Å². The molecule has 0 aliphatic heterocycles. The third-order valence-corrected chi connectivity index (χ3v) is 8.44. The fourth-order valence-electron chi connectivity index (χ4n) is 6.97. The number of fused-ring (bicyclic) bond motifs is 5. The Morgan fingerprint density at radius 2 is 2.00 bits per heavy atom. The van der Waals surface area contributed by atoms with Crippen LogP contribution < -0.4 is 0 Å². The predicted octanol–water partition coefficient (Wildman–Crippen LogP) is 4.79. The van der Waals surface area contributed by atoms with Crippen LogP contribution in [0.1, 0.15) is 72.1 Å². The third-order valence-electron chi connectivity index (χ3n) is 8.44. The first-order valence-electron chi connectivity index (χ1n) is 10.4. The predicted molar refractivity (Wildman–Crippen MR) is 97.2 cm³/mol. The molecule has 3 saturated carbocycles. The van der Waals surface area contributed by atoms with Crippen LogP contribution in [0.15, 0.2) is 11.6 Å². The molecule has 0 amide bonds. The number of hydrogen-bond acceptors (Lipinski definition) is 3. The Bertz CT molecular complexity index is 656. The molecule has 0 bridgehead atoms. The van der Waals surface area contributed by atoms with Crippen LogP contribution >= 0.6 is 0 Å². The van der Waals surface area contributed by atoms with Gasteiger partial charge in [-0.15, -0.1) is 0 Å². The van der Waals surface area contributed by atoms with Crippen molar-refractivity contribution in [2.24, 2.45) is 28.6 Å². The van der Waals surface area contributed by atoms with E-state index in [1.165, 1.54) is 5.57 Å². The summed E-state index contributed by atoms with van der Waals surface area (Å²) in [4.78, 5) is 23.7. The van der Waals surface area contributed by atoms with E-state index in [4.69, 9.17) is 4.74 Å². The van der Waals surface area contributed by atoms with Gasteiger partial charge >= 0.3 is 5.97 Å². The Hall–Kier alpha value is -1.19. The highest BCUT2D eigenvalue weighted by Gasteiger charge is 2.60. The van der Waals surface area contributed by atoms with Crippen LogP contribution in [0.5, 0.6) is 0 Å². The van der Waals surface area contributed by atoms with Crippen molar-refractivity contribution in [1.29, 1.82) is 0 Å². The topological polar surface area (TPSA) is 43.4 Å². The fraction of sp³-hybridized carbons (Fsp3) is 0.818. The van der Waals surface area contributed by atoms with E-state index >= 15 is 0 Å². The molecule has 0 N–H and O–H groups in total. The summed E-state index contributed by atoms with van der Waals surface area (Å²) in [5.41, 5.74) is 1.08. The maximum atomic E-state index is 14.3. The minimum atomic E-state index is -1.34. The van der Waals surface area contributed by atoms with Crippen LogP contribution in [0.4, 0.5) is 4.39 Å². The maximum absolute atomic E-state index is 14.3. The molecule has 3 fully saturated rings. The molecule has 0 saturated heterocycles. The minimum Gasteiger partial charge on any atom is -0.462 e. The number of halogens is 1. The molecule has 0 aromatic rings. The molecular weight excluding hydrogens is 331 g/mol. The summed E-state index contributed by atoms with van der Waals surface area (Å²) in [5, 5.41) is 0. The monoisotopic (exact) mass is 362 g/mol. The summed E-state index contributed by atoms with van der Waals surface area (Å²) in [6.45, 7) is 6.35. The van der Waals surface area contributed by atoms with E-state index in [9.17, 15) is 14.0 Å². The quantitative estimate of drug-likeness (QED) is 0.664. The van der Waals surface area contributed by atoms with Gasteiger partial charge in [-0.25, -0.2) is 4.39 Å². The number of allylic oxidation sites excluding steroid dienone is 1. The second-order valence-corrected chi connectivity index (χ2v) is 9.53. The Kier molecular flexibility index (Phi) is 4.32. The van der Waals surface area contributed by atoms with E-state index in [-0.39, 0.29) is 28.7 Å². The molecule has 4 heteroatoms. The van der Waals surface area contributed by atoms with Crippen LogP contribution in [0.25, 0.3) is 0 Å². The Morgan fingerprint density at radius 3 is 2.73 bits per heavy atom. The van der Waals surface area contributed by atoms with Gasteiger partial charge in [-0.1, -0.05) is 26.3 Å². The molecule has 4 aliphatic carbocycles. The first-order chi connectivity index (χ1) is 12.3. The molecule has 4 rings (SSSR count). The van der Waals surface area contributed by atoms with Gasteiger partial charge in [0.05, 0.1) is 0 Å². The van der Waals surface area contributed by atoms with Crippen LogP contribution in [-0.4, -0.2) is 24.0 Å². The van der Waals surface area contributed by atoms with Gasteiger partial charge in [0.15, 0.2) is 12.0 Å². The average molecular weight is 362 g/mol. The highest BCUT2D eigenvalue weighted by Crippen LogP contribution is 2.65. The maximum Gasteiger partial charge on any atom is 0.305 e. The SMILES string of the molecule is CCC(=O)O[C@@H]1CC[C@@H]2[C@@H]3CCC4=CC(=O)[C@H](F)C[C@]4(C)[C@H]3CC[C@]21C. The summed E-state index contributed by atoms with van der Waals surface area (Å²) < 4.78 is 20.1. The lowest BCUT2D eigenvalue weighted by Gasteiger charge is -2.58. The molecule has 0 radical (unpaired) electrons. The highest BCUT2D eigenvalue weighted by atomic mass is 19.1. The Labute approximate surface area is 155 Å². The number of esters is 1. The van der Waals surface area contributed by atoms with E-state index < -0.39 is 6.17 Å². The number of alkyl halides is 1.